The lowest BCUT2D eigenvalue weighted by Crippen LogP contribution is -2.18. The normalized spacial score (nSPS) is 10.6. The SMILES string of the molecule is Cc1cn(-c2ccc(C#N)cn2)nc1NC(=O)Cc1csc(NC(=O)C(C)C)n1. The molecule has 0 bridgehead atoms. The van der Waals surface area contributed by atoms with E-state index >= 15 is 0 Å². The highest BCUT2D eigenvalue weighted by Crippen LogP contribution is 2.18. The van der Waals surface area contributed by atoms with Gasteiger partial charge in [0.15, 0.2) is 16.8 Å². The van der Waals surface area contributed by atoms with Gasteiger partial charge in [0.25, 0.3) is 0 Å². The fourth-order valence-corrected chi connectivity index (χ4v) is 3.04. The van der Waals surface area contributed by atoms with Gasteiger partial charge in [0, 0.05) is 29.3 Å². The molecule has 0 aromatic carbocycles. The Morgan fingerprint density at radius 1 is 1.31 bits per heavy atom. The molecule has 0 aliphatic rings. The second-order valence-corrected chi connectivity index (χ2v) is 7.49. The third-order valence-corrected chi connectivity index (χ3v) is 4.72. The first kappa shape index (κ1) is 20.2. The number of nitrogens with zero attached hydrogens (tertiary/aromatic N) is 5. The number of nitriles is 1. The van der Waals surface area contributed by atoms with E-state index in [1.807, 2.05) is 13.0 Å². The van der Waals surface area contributed by atoms with Gasteiger partial charge in [-0.25, -0.2) is 14.6 Å². The summed E-state index contributed by atoms with van der Waals surface area (Å²) in [5.74, 6) is 0.433. The molecule has 3 rings (SSSR count). The van der Waals surface area contributed by atoms with E-state index in [9.17, 15) is 9.59 Å². The fourth-order valence-electron chi connectivity index (χ4n) is 2.32. The van der Waals surface area contributed by atoms with Gasteiger partial charge in [0.05, 0.1) is 17.7 Å². The Morgan fingerprint density at radius 3 is 2.76 bits per heavy atom. The Morgan fingerprint density at radius 2 is 2.10 bits per heavy atom. The maximum Gasteiger partial charge on any atom is 0.231 e. The molecule has 0 saturated carbocycles. The molecule has 0 unspecified atom stereocenters. The van der Waals surface area contributed by atoms with Crippen LogP contribution in [0.3, 0.4) is 0 Å². The van der Waals surface area contributed by atoms with Gasteiger partial charge in [0.1, 0.15) is 6.07 Å². The summed E-state index contributed by atoms with van der Waals surface area (Å²) in [5.41, 5.74) is 1.79. The van der Waals surface area contributed by atoms with Crippen molar-refractivity contribution in [2.45, 2.75) is 27.2 Å². The summed E-state index contributed by atoms with van der Waals surface area (Å²) in [6.07, 6.45) is 3.27. The van der Waals surface area contributed by atoms with Gasteiger partial charge in [-0.05, 0) is 19.1 Å². The number of carbonyl (C=O) groups is 2. The molecule has 2 amide bonds. The van der Waals surface area contributed by atoms with Gasteiger partial charge in [-0.3, -0.25) is 9.59 Å². The minimum atomic E-state index is -0.266. The number of thiazole rings is 1. The largest absolute Gasteiger partial charge is 0.309 e. The third-order valence-electron chi connectivity index (χ3n) is 3.91. The van der Waals surface area contributed by atoms with Crippen molar-refractivity contribution < 1.29 is 9.59 Å². The summed E-state index contributed by atoms with van der Waals surface area (Å²) >= 11 is 1.28. The Labute approximate surface area is 171 Å². The van der Waals surface area contributed by atoms with Gasteiger partial charge < -0.3 is 10.6 Å². The third kappa shape index (κ3) is 5.03. The highest BCUT2D eigenvalue weighted by Gasteiger charge is 2.14. The minimum Gasteiger partial charge on any atom is -0.309 e. The van der Waals surface area contributed by atoms with Crippen molar-refractivity contribution in [3.05, 3.63) is 46.7 Å². The van der Waals surface area contributed by atoms with E-state index in [0.717, 1.165) is 5.56 Å². The molecule has 0 spiro atoms. The van der Waals surface area contributed by atoms with Crippen LogP contribution in [0, 0.1) is 24.2 Å². The lowest BCUT2D eigenvalue weighted by molar-refractivity contribution is -0.119. The van der Waals surface area contributed by atoms with Crippen LogP contribution in [0.4, 0.5) is 10.9 Å². The maximum atomic E-state index is 12.4. The summed E-state index contributed by atoms with van der Waals surface area (Å²) < 4.78 is 1.54. The maximum absolute atomic E-state index is 12.4. The molecule has 3 aromatic heterocycles. The number of aromatic nitrogens is 4. The second kappa shape index (κ2) is 8.62. The predicted octanol–water partition coefficient (Wildman–Crippen LogP) is 2.68. The second-order valence-electron chi connectivity index (χ2n) is 6.64. The number of aryl methyl sites for hydroxylation is 1. The number of rotatable bonds is 6. The van der Waals surface area contributed by atoms with Crippen LogP contribution < -0.4 is 10.6 Å². The van der Waals surface area contributed by atoms with E-state index < -0.39 is 0 Å². The van der Waals surface area contributed by atoms with Crippen LogP contribution in [0.15, 0.2) is 29.9 Å². The summed E-state index contributed by atoms with van der Waals surface area (Å²) in [6, 6.07) is 5.34. The van der Waals surface area contributed by atoms with Gasteiger partial charge in [0.2, 0.25) is 11.8 Å². The van der Waals surface area contributed by atoms with Crippen molar-refractivity contribution in [3.8, 4) is 11.9 Å². The van der Waals surface area contributed by atoms with Gasteiger partial charge in [-0.2, -0.15) is 5.26 Å². The van der Waals surface area contributed by atoms with E-state index in [-0.39, 0.29) is 24.2 Å². The highest BCUT2D eigenvalue weighted by atomic mass is 32.1. The molecular weight excluding hydrogens is 390 g/mol. The number of carbonyl (C=O) groups excluding carboxylic acids is 2. The number of anilines is 2. The summed E-state index contributed by atoms with van der Waals surface area (Å²) in [7, 11) is 0. The minimum absolute atomic E-state index is 0.0649. The van der Waals surface area contributed by atoms with Gasteiger partial charge in [-0.1, -0.05) is 13.8 Å². The highest BCUT2D eigenvalue weighted by molar-refractivity contribution is 7.13. The van der Waals surface area contributed by atoms with Crippen molar-refractivity contribution in [2.75, 3.05) is 10.6 Å². The Bertz CT molecular complexity index is 1080. The molecular formula is C19H19N7O2S. The van der Waals surface area contributed by atoms with E-state index in [4.69, 9.17) is 5.26 Å². The molecule has 0 saturated heterocycles. The monoisotopic (exact) mass is 409 g/mol. The zero-order valence-corrected chi connectivity index (χ0v) is 16.9. The van der Waals surface area contributed by atoms with Crippen molar-refractivity contribution in [1.29, 1.82) is 5.26 Å². The van der Waals surface area contributed by atoms with Crippen LogP contribution in [0.2, 0.25) is 0 Å². The Balaban J connectivity index is 1.64. The molecule has 148 valence electrons. The van der Waals surface area contributed by atoms with E-state index in [0.29, 0.717) is 28.0 Å². The molecule has 0 aliphatic heterocycles. The van der Waals surface area contributed by atoms with Crippen molar-refractivity contribution in [1.82, 2.24) is 19.7 Å². The zero-order valence-electron chi connectivity index (χ0n) is 16.1. The first-order valence-electron chi connectivity index (χ1n) is 8.83. The van der Waals surface area contributed by atoms with Crippen molar-refractivity contribution >= 4 is 34.1 Å². The van der Waals surface area contributed by atoms with Gasteiger partial charge >= 0.3 is 0 Å². The molecule has 3 aromatic rings. The fraction of sp³-hybridized carbons (Fsp3) is 0.263. The zero-order chi connectivity index (χ0) is 21.0. The molecule has 2 N–H and O–H groups in total. The lowest BCUT2D eigenvalue weighted by atomic mass is 10.2. The average molecular weight is 409 g/mol. The van der Waals surface area contributed by atoms with Crippen LogP contribution in [-0.4, -0.2) is 31.6 Å². The number of pyridine rings is 1. The predicted molar refractivity (Wildman–Crippen MR) is 109 cm³/mol. The number of nitrogens with one attached hydrogen (secondary N) is 2. The summed E-state index contributed by atoms with van der Waals surface area (Å²) in [4.78, 5) is 32.5. The molecule has 0 radical (unpaired) electrons. The topological polar surface area (TPSA) is 126 Å². The molecule has 0 aliphatic carbocycles. The molecule has 3 heterocycles. The van der Waals surface area contributed by atoms with Crippen LogP contribution in [-0.2, 0) is 16.0 Å². The smallest absolute Gasteiger partial charge is 0.231 e. The van der Waals surface area contributed by atoms with Crippen LogP contribution in [0.25, 0.3) is 5.82 Å². The number of amides is 2. The number of hydrogen-bond acceptors (Lipinski definition) is 7. The molecule has 10 heteroatoms. The van der Waals surface area contributed by atoms with Crippen LogP contribution in [0.1, 0.15) is 30.7 Å². The van der Waals surface area contributed by atoms with E-state index in [1.54, 1.807) is 37.6 Å². The Kier molecular flexibility index (Phi) is 5.99. The number of hydrogen-bond donors (Lipinski definition) is 2. The molecule has 9 nitrogen and oxygen atoms in total. The lowest BCUT2D eigenvalue weighted by Gasteiger charge is -2.03. The van der Waals surface area contributed by atoms with E-state index in [1.165, 1.54) is 22.2 Å². The molecule has 29 heavy (non-hydrogen) atoms. The van der Waals surface area contributed by atoms with Crippen molar-refractivity contribution in [2.24, 2.45) is 5.92 Å². The van der Waals surface area contributed by atoms with Crippen molar-refractivity contribution in [3.63, 3.8) is 0 Å². The quantitative estimate of drug-likeness (QED) is 0.645. The first-order chi connectivity index (χ1) is 13.9. The standard InChI is InChI=1S/C19H19N7O2S/c1-11(2)18(28)24-19-22-14(10-29-19)6-16(27)23-17-12(3)9-26(25-17)15-5-4-13(7-20)8-21-15/h4-5,8-11H,6H2,1-3H3,(H,22,24,28)(H,23,25,27). The van der Waals surface area contributed by atoms with Crippen LogP contribution in [0.5, 0.6) is 0 Å². The summed E-state index contributed by atoms with van der Waals surface area (Å²) in [5, 5.41) is 20.9. The van der Waals surface area contributed by atoms with E-state index in [2.05, 4.69) is 25.7 Å². The van der Waals surface area contributed by atoms with Crippen LogP contribution >= 0.6 is 11.3 Å². The Hall–Kier alpha value is -3.58. The average Bonchev–Trinajstić information content (AvgIpc) is 3.28. The first-order valence-corrected chi connectivity index (χ1v) is 9.71. The summed E-state index contributed by atoms with van der Waals surface area (Å²) in [6.45, 7) is 5.42. The van der Waals surface area contributed by atoms with Gasteiger partial charge in [-0.15, -0.1) is 16.4 Å². The molecule has 0 atom stereocenters. The molecule has 0 fully saturated rings.